The van der Waals surface area contributed by atoms with E-state index in [0.29, 0.717) is 39.6 Å². The largest absolute Gasteiger partial charge is 0.326 e. The van der Waals surface area contributed by atoms with Gasteiger partial charge in [0.25, 0.3) is 0 Å². The molecule has 0 amide bonds. The van der Waals surface area contributed by atoms with Gasteiger partial charge in [0.05, 0.1) is 5.92 Å². The summed E-state index contributed by atoms with van der Waals surface area (Å²) in [5.41, 5.74) is 8.37. The van der Waals surface area contributed by atoms with Crippen molar-refractivity contribution in [2.24, 2.45) is 5.73 Å². The van der Waals surface area contributed by atoms with Crippen LogP contribution in [0.25, 0.3) is 10.8 Å². The number of carbonyl (C=O) groups is 2. The standard InChI is InChI=1S/C22H15N3O2/c23-10-12-4-6-13(7-5-12)21(26)15-8-9-16-19-14(15)2-1-3-17(19)22(27)20(16)18(25)11-24/h1-9,20,25H,10,23H2. The molecule has 5 heteroatoms. The van der Waals surface area contributed by atoms with Crippen LogP contribution >= 0.6 is 0 Å². The maximum Gasteiger partial charge on any atom is 0.193 e. The number of rotatable bonds is 4. The molecule has 0 spiro atoms. The quantitative estimate of drug-likeness (QED) is 0.554. The topological polar surface area (TPSA) is 108 Å². The number of nitriles is 1. The average Bonchev–Trinajstić information content (AvgIpc) is 3.01. The van der Waals surface area contributed by atoms with Gasteiger partial charge in [-0.15, -0.1) is 0 Å². The molecular weight excluding hydrogens is 338 g/mol. The normalized spacial score (nSPS) is 15.0. The minimum atomic E-state index is -0.886. The van der Waals surface area contributed by atoms with E-state index in [1.165, 1.54) is 0 Å². The molecule has 1 aliphatic rings. The number of nitrogens with zero attached hydrogens (tertiary/aromatic N) is 1. The first-order valence-electron chi connectivity index (χ1n) is 8.49. The van der Waals surface area contributed by atoms with Crippen molar-refractivity contribution < 1.29 is 9.59 Å². The molecule has 0 saturated heterocycles. The summed E-state index contributed by atoms with van der Waals surface area (Å²) >= 11 is 0. The second-order valence-corrected chi connectivity index (χ2v) is 6.48. The molecule has 3 aromatic rings. The Morgan fingerprint density at radius 3 is 2.52 bits per heavy atom. The number of ketones is 2. The summed E-state index contributed by atoms with van der Waals surface area (Å²) in [6.07, 6.45) is 0. The minimum absolute atomic E-state index is 0.145. The van der Waals surface area contributed by atoms with Gasteiger partial charge >= 0.3 is 0 Å². The summed E-state index contributed by atoms with van der Waals surface area (Å²) in [7, 11) is 0. The summed E-state index contributed by atoms with van der Waals surface area (Å²) in [6.45, 7) is 0.407. The Morgan fingerprint density at radius 1 is 1.11 bits per heavy atom. The highest BCUT2D eigenvalue weighted by molar-refractivity contribution is 6.31. The predicted molar refractivity (Wildman–Crippen MR) is 102 cm³/mol. The number of Topliss-reactive ketones (excluding diaryl/α,β-unsaturated/α-hetero) is 1. The van der Waals surface area contributed by atoms with Gasteiger partial charge in [-0.05, 0) is 21.9 Å². The molecule has 4 rings (SSSR count). The zero-order chi connectivity index (χ0) is 19.1. The third kappa shape index (κ3) is 2.47. The fraction of sp³-hybridized carbons (Fsp3) is 0.0909. The van der Waals surface area contributed by atoms with Gasteiger partial charge < -0.3 is 5.73 Å². The van der Waals surface area contributed by atoms with Crippen LogP contribution in [0.4, 0.5) is 0 Å². The number of hydrogen-bond donors (Lipinski definition) is 2. The third-order valence-corrected chi connectivity index (χ3v) is 5.02. The van der Waals surface area contributed by atoms with Crippen LogP contribution in [0.15, 0.2) is 54.6 Å². The Kier molecular flexibility index (Phi) is 3.91. The minimum Gasteiger partial charge on any atom is -0.326 e. The Labute approximate surface area is 155 Å². The maximum absolute atomic E-state index is 13.0. The molecule has 27 heavy (non-hydrogen) atoms. The van der Waals surface area contributed by atoms with E-state index in [1.54, 1.807) is 48.5 Å². The lowest BCUT2D eigenvalue weighted by Gasteiger charge is -2.10. The van der Waals surface area contributed by atoms with E-state index in [4.69, 9.17) is 16.4 Å². The lowest BCUT2D eigenvalue weighted by Crippen LogP contribution is -2.15. The van der Waals surface area contributed by atoms with Crippen LogP contribution in [0.3, 0.4) is 0 Å². The van der Waals surface area contributed by atoms with E-state index in [-0.39, 0.29) is 17.3 Å². The lowest BCUT2D eigenvalue weighted by molar-refractivity contribution is 0.0989. The van der Waals surface area contributed by atoms with Crippen LogP contribution in [0.5, 0.6) is 0 Å². The van der Waals surface area contributed by atoms with E-state index in [2.05, 4.69) is 0 Å². The van der Waals surface area contributed by atoms with E-state index in [9.17, 15) is 9.59 Å². The van der Waals surface area contributed by atoms with Gasteiger partial charge in [-0.25, -0.2) is 0 Å². The van der Waals surface area contributed by atoms with Crippen molar-refractivity contribution in [2.45, 2.75) is 12.5 Å². The molecule has 0 fully saturated rings. The fourth-order valence-corrected chi connectivity index (χ4v) is 3.67. The highest BCUT2D eigenvalue weighted by Crippen LogP contribution is 2.40. The van der Waals surface area contributed by atoms with E-state index in [1.807, 2.05) is 12.1 Å². The molecule has 0 heterocycles. The Morgan fingerprint density at radius 2 is 1.85 bits per heavy atom. The molecule has 130 valence electrons. The summed E-state index contributed by atoms with van der Waals surface area (Å²) in [4.78, 5) is 25.8. The van der Waals surface area contributed by atoms with Crippen LogP contribution < -0.4 is 5.73 Å². The van der Waals surface area contributed by atoms with Gasteiger partial charge in [0, 0.05) is 23.2 Å². The van der Waals surface area contributed by atoms with Crippen LogP contribution in [0, 0.1) is 16.7 Å². The number of benzene rings is 3. The highest BCUT2D eigenvalue weighted by atomic mass is 16.1. The van der Waals surface area contributed by atoms with Crippen LogP contribution in [0.2, 0.25) is 0 Å². The van der Waals surface area contributed by atoms with E-state index < -0.39 is 5.92 Å². The van der Waals surface area contributed by atoms with Crippen LogP contribution in [-0.4, -0.2) is 17.3 Å². The molecule has 0 aromatic heterocycles. The van der Waals surface area contributed by atoms with Crippen molar-refractivity contribution >= 4 is 28.1 Å². The molecule has 1 unspecified atom stereocenters. The van der Waals surface area contributed by atoms with Crippen molar-refractivity contribution in [2.75, 3.05) is 0 Å². The van der Waals surface area contributed by atoms with Crippen LogP contribution in [-0.2, 0) is 6.54 Å². The number of hydrogen-bond acceptors (Lipinski definition) is 5. The summed E-state index contributed by atoms with van der Waals surface area (Å²) in [5, 5.41) is 18.3. The molecule has 0 aliphatic heterocycles. The molecule has 0 bridgehead atoms. The monoisotopic (exact) mass is 353 g/mol. The van der Waals surface area contributed by atoms with Crippen molar-refractivity contribution in [1.82, 2.24) is 0 Å². The number of carbonyl (C=O) groups excluding carboxylic acids is 2. The van der Waals surface area contributed by atoms with E-state index >= 15 is 0 Å². The predicted octanol–water partition coefficient (Wildman–Crippen LogP) is 3.35. The molecular formula is C22H15N3O2. The van der Waals surface area contributed by atoms with Crippen molar-refractivity contribution in [3.8, 4) is 6.07 Å². The molecule has 5 nitrogen and oxygen atoms in total. The van der Waals surface area contributed by atoms with Crippen molar-refractivity contribution in [3.63, 3.8) is 0 Å². The zero-order valence-electron chi connectivity index (χ0n) is 14.3. The molecule has 0 radical (unpaired) electrons. The number of nitrogens with one attached hydrogen (secondary N) is 1. The van der Waals surface area contributed by atoms with Crippen LogP contribution in [0.1, 0.15) is 43.3 Å². The smallest absolute Gasteiger partial charge is 0.193 e. The fourth-order valence-electron chi connectivity index (χ4n) is 3.67. The Hall–Kier alpha value is -3.62. The second-order valence-electron chi connectivity index (χ2n) is 6.48. The first kappa shape index (κ1) is 16.8. The molecule has 3 aromatic carbocycles. The molecule has 1 aliphatic carbocycles. The Bertz CT molecular complexity index is 1170. The third-order valence-electron chi connectivity index (χ3n) is 5.02. The summed E-state index contributed by atoms with van der Waals surface area (Å²) < 4.78 is 0. The summed E-state index contributed by atoms with van der Waals surface area (Å²) in [5.74, 6) is -1.30. The lowest BCUT2D eigenvalue weighted by atomic mass is 9.91. The second kappa shape index (κ2) is 6.27. The molecule has 0 saturated carbocycles. The molecule has 3 N–H and O–H groups in total. The SMILES string of the molecule is N#CC(=N)C1C(=O)c2cccc3c(C(=O)c4ccc(CN)cc4)ccc1c23. The van der Waals surface area contributed by atoms with Gasteiger partial charge in [-0.1, -0.05) is 54.6 Å². The average molecular weight is 353 g/mol. The van der Waals surface area contributed by atoms with Gasteiger partial charge in [0.1, 0.15) is 11.8 Å². The van der Waals surface area contributed by atoms with E-state index in [0.717, 1.165) is 5.56 Å². The zero-order valence-corrected chi connectivity index (χ0v) is 14.3. The number of nitrogens with two attached hydrogens (primary N) is 1. The van der Waals surface area contributed by atoms with Gasteiger partial charge in [-0.2, -0.15) is 5.26 Å². The van der Waals surface area contributed by atoms with Gasteiger partial charge in [0.2, 0.25) is 0 Å². The van der Waals surface area contributed by atoms with Crippen molar-refractivity contribution in [1.29, 1.82) is 10.7 Å². The van der Waals surface area contributed by atoms with Gasteiger partial charge in [0.15, 0.2) is 11.6 Å². The summed E-state index contributed by atoms with van der Waals surface area (Å²) in [6, 6.07) is 17.5. The first-order valence-corrected chi connectivity index (χ1v) is 8.49. The first-order chi connectivity index (χ1) is 13.1. The van der Waals surface area contributed by atoms with Gasteiger partial charge in [-0.3, -0.25) is 15.0 Å². The maximum atomic E-state index is 13.0. The highest BCUT2D eigenvalue weighted by Gasteiger charge is 2.36. The van der Waals surface area contributed by atoms with Crippen molar-refractivity contribution in [3.05, 3.63) is 82.4 Å². The molecule has 1 atom stereocenters. The Balaban J connectivity index is 1.89.